The zero-order valence-corrected chi connectivity index (χ0v) is 12.5. The average Bonchev–Trinajstić information content (AvgIpc) is 2.45. The van der Waals surface area contributed by atoms with Gasteiger partial charge in [-0.2, -0.15) is 4.98 Å². The van der Waals surface area contributed by atoms with Gasteiger partial charge in [0, 0.05) is 18.0 Å². The highest BCUT2D eigenvalue weighted by Gasteiger charge is 2.30. The number of aromatic nitrogens is 2. The molecule has 1 unspecified atom stereocenters. The molecule has 1 aliphatic heterocycles. The summed E-state index contributed by atoms with van der Waals surface area (Å²) in [5.41, 5.74) is 3.24. The highest BCUT2D eigenvalue weighted by molar-refractivity contribution is 7.91. The van der Waals surface area contributed by atoms with Gasteiger partial charge in [0.05, 0.1) is 17.0 Å². The van der Waals surface area contributed by atoms with Gasteiger partial charge in [0.25, 0.3) is 0 Å². The van der Waals surface area contributed by atoms with E-state index >= 15 is 0 Å². The average molecular weight is 307 g/mol. The molecule has 0 saturated carbocycles. The molecule has 3 N–H and O–H groups in total. The SMILES string of the molecule is CC1CS(=O)(=O)CCN1c1nc(NN)nc2ccccc12. The molecule has 1 atom stereocenters. The molecule has 1 aromatic carbocycles. The second kappa shape index (κ2) is 5.12. The van der Waals surface area contributed by atoms with Crippen molar-refractivity contribution in [2.45, 2.75) is 13.0 Å². The first-order valence-electron chi connectivity index (χ1n) is 6.70. The van der Waals surface area contributed by atoms with Gasteiger partial charge in [-0.1, -0.05) is 12.1 Å². The summed E-state index contributed by atoms with van der Waals surface area (Å²) < 4.78 is 23.5. The number of sulfone groups is 1. The van der Waals surface area contributed by atoms with Gasteiger partial charge in [-0.05, 0) is 19.1 Å². The second-order valence-electron chi connectivity index (χ2n) is 5.19. The smallest absolute Gasteiger partial charge is 0.239 e. The third-order valence-electron chi connectivity index (χ3n) is 3.65. The Hall–Kier alpha value is -1.93. The number of hydrogen-bond acceptors (Lipinski definition) is 7. The van der Waals surface area contributed by atoms with E-state index in [0.717, 1.165) is 16.7 Å². The van der Waals surface area contributed by atoms with Crippen molar-refractivity contribution in [3.05, 3.63) is 24.3 Å². The molecule has 1 fully saturated rings. The van der Waals surface area contributed by atoms with Gasteiger partial charge in [0.2, 0.25) is 5.95 Å². The van der Waals surface area contributed by atoms with E-state index in [9.17, 15) is 8.42 Å². The molecule has 0 spiro atoms. The zero-order valence-electron chi connectivity index (χ0n) is 11.7. The molecule has 1 aliphatic rings. The van der Waals surface area contributed by atoms with Gasteiger partial charge in [-0.15, -0.1) is 0 Å². The van der Waals surface area contributed by atoms with Crippen LogP contribution in [0.15, 0.2) is 24.3 Å². The van der Waals surface area contributed by atoms with Crippen LogP contribution in [0.5, 0.6) is 0 Å². The quantitative estimate of drug-likeness (QED) is 0.616. The first kappa shape index (κ1) is 14.0. The van der Waals surface area contributed by atoms with Crippen LogP contribution >= 0.6 is 0 Å². The van der Waals surface area contributed by atoms with Crippen LogP contribution in [-0.4, -0.2) is 42.5 Å². The number of nitrogen functional groups attached to an aromatic ring is 1. The number of rotatable bonds is 2. The lowest BCUT2D eigenvalue weighted by atomic mass is 10.2. The van der Waals surface area contributed by atoms with Crippen LogP contribution in [0.25, 0.3) is 10.9 Å². The van der Waals surface area contributed by atoms with Crippen LogP contribution in [-0.2, 0) is 9.84 Å². The Bertz CT molecular complexity index is 777. The number of nitrogens with two attached hydrogens (primary N) is 1. The number of hydrogen-bond donors (Lipinski definition) is 2. The molecule has 112 valence electrons. The van der Waals surface area contributed by atoms with Crippen LogP contribution in [0, 0.1) is 0 Å². The van der Waals surface area contributed by atoms with Crippen LogP contribution in [0.3, 0.4) is 0 Å². The Kier molecular flexibility index (Phi) is 3.42. The van der Waals surface area contributed by atoms with Crippen molar-refractivity contribution in [2.24, 2.45) is 5.84 Å². The molecule has 21 heavy (non-hydrogen) atoms. The summed E-state index contributed by atoms with van der Waals surface area (Å²) in [5, 5.41) is 0.891. The minimum atomic E-state index is -2.97. The topological polar surface area (TPSA) is 101 Å². The lowest BCUT2D eigenvalue weighted by Gasteiger charge is -2.34. The molecule has 0 aliphatic carbocycles. The minimum absolute atomic E-state index is 0.132. The summed E-state index contributed by atoms with van der Waals surface area (Å²) in [6.45, 7) is 2.32. The van der Waals surface area contributed by atoms with Gasteiger partial charge >= 0.3 is 0 Å². The molecule has 8 heteroatoms. The van der Waals surface area contributed by atoms with E-state index in [1.807, 2.05) is 36.1 Å². The van der Waals surface area contributed by atoms with Crippen molar-refractivity contribution in [3.8, 4) is 0 Å². The second-order valence-corrected chi connectivity index (χ2v) is 7.42. The molecular formula is C13H17N5O2S. The molecule has 1 saturated heterocycles. The van der Waals surface area contributed by atoms with E-state index in [0.29, 0.717) is 12.5 Å². The van der Waals surface area contributed by atoms with E-state index in [-0.39, 0.29) is 17.5 Å². The molecule has 0 radical (unpaired) electrons. The molecule has 0 bridgehead atoms. The molecule has 3 rings (SSSR count). The predicted octanol–water partition coefficient (Wildman–Crippen LogP) is 0.539. The maximum Gasteiger partial charge on any atom is 0.239 e. The summed E-state index contributed by atoms with van der Waals surface area (Å²) in [4.78, 5) is 10.7. The fraction of sp³-hybridized carbons (Fsp3) is 0.385. The van der Waals surface area contributed by atoms with E-state index in [4.69, 9.17) is 5.84 Å². The minimum Gasteiger partial charge on any atom is -0.351 e. The van der Waals surface area contributed by atoms with E-state index in [2.05, 4.69) is 15.4 Å². The van der Waals surface area contributed by atoms with Gasteiger partial charge < -0.3 is 4.90 Å². The summed E-state index contributed by atoms with van der Waals surface area (Å²) in [6.07, 6.45) is 0. The van der Waals surface area contributed by atoms with Crippen LogP contribution in [0.2, 0.25) is 0 Å². The number of fused-ring (bicyclic) bond motifs is 1. The molecular weight excluding hydrogens is 290 g/mol. The lowest BCUT2D eigenvalue weighted by molar-refractivity contribution is 0.567. The predicted molar refractivity (Wildman–Crippen MR) is 82.8 cm³/mol. The molecule has 7 nitrogen and oxygen atoms in total. The molecule has 2 aromatic rings. The van der Waals surface area contributed by atoms with Crippen LogP contribution < -0.4 is 16.2 Å². The number of nitrogens with one attached hydrogen (secondary N) is 1. The Morgan fingerprint density at radius 3 is 2.81 bits per heavy atom. The van der Waals surface area contributed by atoms with Crippen molar-refractivity contribution in [1.82, 2.24) is 9.97 Å². The highest BCUT2D eigenvalue weighted by atomic mass is 32.2. The number of benzene rings is 1. The Labute approximate surface area is 123 Å². The van der Waals surface area contributed by atoms with Gasteiger partial charge in [-0.3, -0.25) is 5.43 Å². The monoisotopic (exact) mass is 307 g/mol. The van der Waals surface area contributed by atoms with Gasteiger partial charge in [0.15, 0.2) is 9.84 Å². The molecule has 2 heterocycles. The maximum absolute atomic E-state index is 11.7. The van der Waals surface area contributed by atoms with E-state index < -0.39 is 9.84 Å². The summed E-state index contributed by atoms with van der Waals surface area (Å²) in [7, 11) is -2.97. The number of para-hydroxylation sites is 1. The number of nitrogens with zero attached hydrogens (tertiary/aromatic N) is 3. The van der Waals surface area contributed by atoms with E-state index in [1.165, 1.54) is 0 Å². The summed E-state index contributed by atoms with van der Waals surface area (Å²) in [5.74, 6) is 6.75. The highest BCUT2D eigenvalue weighted by Crippen LogP contribution is 2.28. The maximum atomic E-state index is 11.7. The summed E-state index contributed by atoms with van der Waals surface area (Å²) in [6, 6.07) is 7.49. The first-order valence-corrected chi connectivity index (χ1v) is 8.53. The normalized spacial score (nSPS) is 21.4. The lowest BCUT2D eigenvalue weighted by Crippen LogP contribution is -2.47. The van der Waals surface area contributed by atoms with Crippen molar-refractivity contribution >= 4 is 32.5 Å². The Morgan fingerprint density at radius 2 is 2.10 bits per heavy atom. The third-order valence-corrected chi connectivity index (χ3v) is 5.45. The van der Waals surface area contributed by atoms with Crippen molar-refractivity contribution in [1.29, 1.82) is 0 Å². The first-order chi connectivity index (χ1) is 10.00. The fourth-order valence-electron chi connectivity index (χ4n) is 2.66. The zero-order chi connectivity index (χ0) is 15.0. The standard InChI is InChI=1S/C13H17N5O2S/c1-9-8-21(19,20)7-6-18(9)12-10-4-2-3-5-11(10)15-13(16-12)17-14/h2-5,9H,6-8,14H2,1H3,(H,15,16,17). The summed E-state index contributed by atoms with van der Waals surface area (Å²) >= 11 is 0. The Balaban J connectivity index is 2.11. The van der Waals surface area contributed by atoms with Gasteiger partial charge in [0.1, 0.15) is 5.82 Å². The number of anilines is 2. The molecule has 1 aromatic heterocycles. The third kappa shape index (κ3) is 2.64. The van der Waals surface area contributed by atoms with Gasteiger partial charge in [-0.25, -0.2) is 19.2 Å². The van der Waals surface area contributed by atoms with Crippen molar-refractivity contribution in [3.63, 3.8) is 0 Å². The van der Waals surface area contributed by atoms with Crippen molar-refractivity contribution in [2.75, 3.05) is 28.4 Å². The Morgan fingerprint density at radius 1 is 1.33 bits per heavy atom. The van der Waals surface area contributed by atoms with Crippen LogP contribution in [0.4, 0.5) is 11.8 Å². The largest absolute Gasteiger partial charge is 0.351 e. The van der Waals surface area contributed by atoms with Crippen LogP contribution in [0.1, 0.15) is 6.92 Å². The number of hydrazine groups is 1. The molecule has 0 amide bonds. The fourth-order valence-corrected chi connectivity index (χ4v) is 4.21. The van der Waals surface area contributed by atoms with Crippen molar-refractivity contribution < 1.29 is 8.42 Å². The van der Waals surface area contributed by atoms with E-state index in [1.54, 1.807) is 0 Å².